The van der Waals surface area contributed by atoms with Crippen LogP contribution in [0.25, 0.3) is 11.0 Å². The van der Waals surface area contributed by atoms with Crippen molar-refractivity contribution in [1.82, 2.24) is 20.2 Å². The van der Waals surface area contributed by atoms with Gasteiger partial charge in [0.1, 0.15) is 5.82 Å². The van der Waals surface area contributed by atoms with E-state index in [4.69, 9.17) is 4.74 Å². The Kier molecular flexibility index (Phi) is 5.21. The molecule has 114 valence electrons. The molecular weight excluding hydrogens is 264 g/mol. The molecule has 5 nitrogen and oxygen atoms in total. The number of benzene rings is 1. The summed E-state index contributed by atoms with van der Waals surface area (Å²) < 4.78 is 5.35. The molecule has 5 heteroatoms. The van der Waals surface area contributed by atoms with E-state index in [1.165, 1.54) is 13.0 Å². The molecule has 1 saturated heterocycles. The van der Waals surface area contributed by atoms with Crippen LogP contribution < -0.4 is 5.32 Å². The minimum Gasteiger partial charge on any atom is -0.379 e. The molecule has 2 aromatic rings. The zero-order chi connectivity index (χ0) is 14.3. The second kappa shape index (κ2) is 7.54. The lowest BCUT2D eigenvalue weighted by Crippen LogP contribution is -2.37. The quantitative estimate of drug-likeness (QED) is 0.757. The monoisotopic (exact) mass is 288 g/mol. The van der Waals surface area contributed by atoms with E-state index in [0.29, 0.717) is 0 Å². The fourth-order valence-corrected chi connectivity index (χ4v) is 2.71. The molecule has 2 N–H and O–H groups in total. The predicted molar refractivity (Wildman–Crippen MR) is 84.5 cm³/mol. The van der Waals surface area contributed by atoms with Crippen molar-refractivity contribution in [1.29, 1.82) is 0 Å². The van der Waals surface area contributed by atoms with Gasteiger partial charge in [0, 0.05) is 26.1 Å². The first kappa shape index (κ1) is 14.5. The first-order chi connectivity index (χ1) is 10.4. The summed E-state index contributed by atoms with van der Waals surface area (Å²) in [4.78, 5) is 10.4. The number of ether oxygens (including phenoxy) is 1. The molecule has 1 aliphatic rings. The number of aromatic nitrogens is 2. The number of aromatic amines is 1. The molecule has 0 bridgehead atoms. The lowest BCUT2D eigenvalue weighted by Gasteiger charge is -2.26. The Morgan fingerprint density at radius 2 is 2.05 bits per heavy atom. The molecule has 2 heterocycles. The van der Waals surface area contributed by atoms with Crippen LogP contribution in [0.5, 0.6) is 0 Å². The van der Waals surface area contributed by atoms with Crippen molar-refractivity contribution in [3.63, 3.8) is 0 Å². The van der Waals surface area contributed by atoms with E-state index < -0.39 is 0 Å². The lowest BCUT2D eigenvalue weighted by molar-refractivity contribution is 0.0374. The van der Waals surface area contributed by atoms with Gasteiger partial charge in [0.15, 0.2) is 0 Å². The van der Waals surface area contributed by atoms with Crippen LogP contribution in [0.2, 0.25) is 0 Å². The number of imidazole rings is 1. The number of para-hydroxylation sites is 2. The summed E-state index contributed by atoms with van der Waals surface area (Å²) in [6, 6.07) is 8.18. The number of rotatable bonds is 7. The average Bonchev–Trinajstić information content (AvgIpc) is 2.94. The van der Waals surface area contributed by atoms with Crippen molar-refractivity contribution in [2.24, 2.45) is 0 Å². The van der Waals surface area contributed by atoms with Gasteiger partial charge in [-0.2, -0.15) is 0 Å². The van der Waals surface area contributed by atoms with Crippen molar-refractivity contribution in [3.8, 4) is 0 Å². The van der Waals surface area contributed by atoms with Crippen LogP contribution in [0.15, 0.2) is 24.3 Å². The molecule has 1 aliphatic heterocycles. The maximum Gasteiger partial charge on any atom is 0.108 e. The Balaban J connectivity index is 1.31. The zero-order valence-electron chi connectivity index (χ0n) is 12.5. The number of fused-ring (bicyclic) bond motifs is 1. The average molecular weight is 288 g/mol. The maximum absolute atomic E-state index is 5.35. The Morgan fingerprint density at radius 3 is 2.90 bits per heavy atom. The number of hydrogen-bond acceptors (Lipinski definition) is 4. The minimum atomic E-state index is 0.888. The van der Waals surface area contributed by atoms with Crippen molar-refractivity contribution < 1.29 is 4.74 Å². The molecular formula is C16H24N4O. The lowest BCUT2D eigenvalue weighted by atomic mass is 10.3. The van der Waals surface area contributed by atoms with Crippen LogP contribution in [0.4, 0.5) is 0 Å². The van der Waals surface area contributed by atoms with Crippen LogP contribution in [-0.2, 0) is 11.2 Å². The van der Waals surface area contributed by atoms with E-state index in [2.05, 4.69) is 26.3 Å². The third kappa shape index (κ3) is 4.27. The van der Waals surface area contributed by atoms with Crippen LogP contribution in [0, 0.1) is 0 Å². The van der Waals surface area contributed by atoms with Crippen molar-refractivity contribution in [3.05, 3.63) is 30.1 Å². The highest BCUT2D eigenvalue weighted by molar-refractivity contribution is 5.74. The van der Waals surface area contributed by atoms with Crippen molar-refractivity contribution in [2.45, 2.75) is 12.8 Å². The Hall–Kier alpha value is -1.43. The van der Waals surface area contributed by atoms with E-state index in [0.717, 1.165) is 62.7 Å². The molecule has 0 unspecified atom stereocenters. The fourth-order valence-electron chi connectivity index (χ4n) is 2.71. The molecule has 0 aliphatic carbocycles. The highest BCUT2D eigenvalue weighted by Gasteiger charge is 2.08. The molecule has 1 aromatic carbocycles. The fraction of sp³-hybridized carbons (Fsp3) is 0.562. The van der Waals surface area contributed by atoms with Gasteiger partial charge >= 0.3 is 0 Å². The third-order valence-corrected chi connectivity index (χ3v) is 3.91. The third-order valence-electron chi connectivity index (χ3n) is 3.91. The van der Waals surface area contributed by atoms with E-state index >= 15 is 0 Å². The van der Waals surface area contributed by atoms with Gasteiger partial charge in [-0.05, 0) is 31.6 Å². The molecule has 0 spiro atoms. The smallest absolute Gasteiger partial charge is 0.108 e. The van der Waals surface area contributed by atoms with E-state index in [9.17, 15) is 0 Å². The number of morpholine rings is 1. The van der Waals surface area contributed by atoms with E-state index in [1.807, 2.05) is 18.2 Å². The number of hydrogen-bond donors (Lipinski definition) is 2. The molecule has 0 amide bonds. The summed E-state index contributed by atoms with van der Waals surface area (Å²) in [5.74, 6) is 1.07. The highest BCUT2D eigenvalue weighted by Crippen LogP contribution is 2.10. The first-order valence-electron chi connectivity index (χ1n) is 7.86. The predicted octanol–water partition coefficient (Wildman–Crippen LogP) is 1.42. The summed E-state index contributed by atoms with van der Waals surface area (Å²) in [7, 11) is 0. The molecule has 3 rings (SSSR count). The SMILES string of the molecule is c1ccc2[nH]c(CCNCCCN3CCOCC3)nc2c1. The summed E-state index contributed by atoms with van der Waals surface area (Å²) in [5, 5.41) is 3.50. The van der Waals surface area contributed by atoms with Crippen LogP contribution in [-0.4, -0.2) is 60.8 Å². The van der Waals surface area contributed by atoms with E-state index in [1.54, 1.807) is 0 Å². The van der Waals surface area contributed by atoms with Gasteiger partial charge in [0.05, 0.1) is 24.2 Å². The Labute approximate surface area is 125 Å². The molecule has 21 heavy (non-hydrogen) atoms. The molecule has 0 saturated carbocycles. The van der Waals surface area contributed by atoms with Gasteiger partial charge in [0.2, 0.25) is 0 Å². The van der Waals surface area contributed by atoms with Gasteiger partial charge in [-0.25, -0.2) is 4.98 Å². The van der Waals surface area contributed by atoms with Gasteiger partial charge < -0.3 is 15.0 Å². The molecule has 0 radical (unpaired) electrons. The zero-order valence-corrected chi connectivity index (χ0v) is 12.5. The van der Waals surface area contributed by atoms with Crippen LogP contribution in [0.1, 0.15) is 12.2 Å². The second-order valence-electron chi connectivity index (χ2n) is 5.51. The molecule has 1 fully saturated rings. The van der Waals surface area contributed by atoms with E-state index in [-0.39, 0.29) is 0 Å². The van der Waals surface area contributed by atoms with Gasteiger partial charge in [-0.3, -0.25) is 4.90 Å². The van der Waals surface area contributed by atoms with Crippen LogP contribution >= 0.6 is 0 Å². The Bertz CT molecular complexity index is 515. The minimum absolute atomic E-state index is 0.888. The first-order valence-corrected chi connectivity index (χ1v) is 7.86. The van der Waals surface area contributed by atoms with Crippen LogP contribution in [0.3, 0.4) is 0 Å². The maximum atomic E-state index is 5.35. The second-order valence-corrected chi connectivity index (χ2v) is 5.51. The van der Waals surface area contributed by atoms with Crippen molar-refractivity contribution in [2.75, 3.05) is 45.9 Å². The summed E-state index contributed by atoms with van der Waals surface area (Å²) in [6.07, 6.45) is 2.15. The topological polar surface area (TPSA) is 53.2 Å². The largest absolute Gasteiger partial charge is 0.379 e. The number of H-pyrrole nitrogens is 1. The summed E-state index contributed by atoms with van der Waals surface area (Å²) >= 11 is 0. The number of nitrogens with zero attached hydrogens (tertiary/aromatic N) is 2. The van der Waals surface area contributed by atoms with Gasteiger partial charge in [-0.1, -0.05) is 12.1 Å². The normalized spacial score (nSPS) is 16.6. The summed E-state index contributed by atoms with van der Waals surface area (Å²) in [5.41, 5.74) is 2.18. The summed E-state index contributed by atoms with van der Waals surface area (Å²) in [6.45, 7) is 7.15. The number of nitrogens with one attached hydrogen (secondary N) is 2. The standard InChI is InChI=1S/C16H24N4O/c1-2-5-15-14(4-1)18-16(19-15)6-8-17-7-3-9-20-10-12-21-13-11-20/h1-2,4-5,17H,3,6-13H2,(H,18,19). The molecule has 0 atom stereocenters. The molecule has 1 aromatic heterocycles. The van der Waals surface area contributed by atoms with Gasteiger partial charge in [0.25, 0.3) is 0 Å². The van der Waals surface area contributed by atoms with Crippen molar-refractivity contribution >= 4 is 11.0 Å². The Morgan fingerprint density at radius 1 is 1.19 bits per heavy atom. The highest BCUT2D eigenvalue weighted by atomic mass is 16.5. The van der Waals surface area contributed by atoms with Gasteiger partial charge in [-0.15, -0.1) is 0 Å².